The molecular formula is C13H17N3O3. The zero-order valence-electron chi connectivity index (χ0n) is 10.7. The van der Waals surface area contributed by atoms with Crippen molar-refractivity contribution in [1.29, 1.82) is 0 Å². The summed E-state index contributed by atoms with van der Waals surface area (Å²) in [5, 5.41) is 12.1. The van der Waals surface area contributed by atoms with Gasteiger partial charge in [-0.1, -0.05) is 0 Å². The number of carboxylic acid groups (broad SMARTS) is 1. The highest BCUT2D eigenvalue weighted by Crippen LogP contribution is 2.23. The molecule has 6 nitrogen and oxygen atoms in total. The van der Waals surface area contributed by atoms with E-state index >= 15 is 0 Å². The fraction of sp³-hybridized carbons (Fsp3) is 0.385. The summed E-state index contributed by atoms with van der Waals surface area (Å²) in [7, 11) is 1.77. The number of carboxylic acids is 1. The Morgan fingerprint density at radius 2 is 2.26 bits per heavy atom. The van der Waals surface area contributed by atoms with Gasteiger partial charge >= 0.3 is 5.97 Å². The minimum atomic E-state index is -0.999. The predicted molar refractivity (Wildman–Crippen MR) is 72.1 cm³/mol. The van der Waals surface area contributed by atoms with E-state index in [1.54, 1.807) is 18.0 Å². The first kappa shape index (κ1) is 13.2. The van der Waals surface area contributed by atoms with E-state index in [0.717, 1.165) is 6.42 Å². The number of piperidine rings is 1. The largest absolute Gasteiger partial charge is 0.478 e. The lowest BCUT2D eigenvalue weighted by molar-refractivity contribution is -0.132. The van der Waals surface area contributed by atoms with Gasteiger partial charge in [0.15, 0.2) is 0 Å². The van der Waals surface area contributed by atoms with E-state index in [9.17, 15) is 9.59 Å². The van der Waals surface area contributed by atoms with E-state index in [4.69, 9.17) is 10.8 Å². The van der Waals surface area contributed by atoms with Crippen LogP contribution in [-0.2, 0) is 4.79 Å². The molecule has 0 spiro atoms. The van der Waals surface area contributed by atoms with Gasteiger partial charge in [0.25, 0.3) is 0 Å². The van der Waals surface area contributed by atoms with E-state index in [-0.39, 0.29) is 17.5 Å². The summed E-state index contributed by atoms with van der Waals surface area (Å²) in [4.78, 5) is 23.9. The Kier molecular flexibility index (Phi) is 3.59. The lowest BCUT2D eigenvalue weighted by atomic mass is 10.0. The summed E-state index contributed by atoms with van der Waals surface area (Å²) in [5.41, 5.74) is 7.11. The minimum absolute atomic E-state index is 0.140. The standard InChI is InChI=1S/C13H17N3O3/c1-16-7-9(3-5-12(16)17)15-11-4-2-8(13(18)19)6-10(11)14/h2,4,6,9,15H,3,5,7,14H2,1H3,(H,18,19). The van der Waals surface area contributed by atoms with Crippen molar-refractivity contribution in [3.05, 3.63) is 23.8 Å². The first-order valence-electron chi connectivity index (χ1n) is 6.10. The Morgan fingerprint density at radius 1 is 1.53 bits per heavy atom. The predicted octanol–water partition coefficient (Wildman–Crippen LogP) is 1.000. The van der Waals surface area contributed by atoms with E-state index in [0.29, 0.717) is 24.3 Å². The molecule has 1 atom stereocenters. The zero-order valence-corrected chi connectivity index (χ0v) is 10.7. The number of hydrogen-bond donors (Lipinski definition) is 3. The normalized spacial score (nSPS) is 19.3. The summed E-state index contributed by atoms with van der Waals surface area (Å²) in [6, 6.07) is 4.75. The van der Waals surface area contributed by atoms with Crippen LogP contribution in [0.4, 0.5) is 11.4 Å². The molecule has 1 fully saturated rings. The van der Waals surface area contributed by atoms with E-state index in [2.05, 4.69) is 5.32 Å². The Bertz CT molecular complexity index is 516. The second-order valence-electron chi connectivity index (χ2n) is 4.76. The first-order chi connectivity index (χ1) is 8.97. The number of likely N-dealkylation sites (N-methyl/N-ethyl adjacent to an activating group) is 1. The zero-order chi connectivity index (χ0) is 14.0. The molecule has 1 aromatic carbocycles. The van der Waals surface area contributed by atoms with Crippen LogP contribution in [0.25, 0.3) is 0 Å². The molecule has 1 aromatic rings. The van der Waals surface area contributed by atoms with Crippen molar-refractivity contribution in [2.24, 2.45) is 0 Å². The Hall–Kier alpha value is -2.24. The van der Waals surface area contributed by atoms with Crippen molar-refractivity contribution in [2.75, 3.05) is 24.6 Å². The molecule has 1 amide bonds. The third-order valence-electron chi connectivity index (χ3n) is 3.28. The quantitative estimate of drug-likeness (QED) is 0.707. The van der Waals surface area contributed by atoms with Crippen molar-refractivity contribution in [2.45, 2.75) is 18.9 Å². The van der Waals surface area contributed by atoms with Gasteiger partial charge in [-0.25, -0.2) is 4.79 Å². The molecule has 0 bridgehead atoms. The van der Waals surface area contributed by atoms with Crippen LogP contribution in [0.2, 0.25) is 0 Å². The third-order valence-corrected chi connectivity index (χ3v) is 3.28. The van der Waals surface area contributed by atoms with E-state index < -0.39 is 5.97 Å². The van der Waals surface area contributed by atoms with Crippen LogP contribution < -0.4 is 11.1 Å². The van der Waals surface area contributed by atoms with Gasteiger partial charge in [-0.2, -0.15) is 0 Å². The number of nitrogens with one attached hydrogen (secondary N) is 1. The molecule has 1 saturated heterocycles. The van der Waals surface area contributed by atoms with Crippen LogP contribution in [0.1, 0.15) is 23.2 Å². The maximum absolute atomic E-state index is 11.4. The fourth-order valence-corrected chi connectivity index (χ4v) is 2.18. The lowest BCUT2D eigenvalue weighted by Crippen LogP contribution is -2.43. The number of likely N-dealkylation sites (tertiary alicyclic amines) is 1. The second kappa shape index (κ2) is 5.17. The van der Waals surface area contributed by atoms with Gasteiger partial charge in [0.05, 0.1) is 16.9 Å². The number of benzene rings is 1. The van der Waals surface area contributed by atoms with Gasteiger partial charge in [-0.3, -0.25) is 4.79 Å². The lowest BCUT2D eigenvalue weighted by Gasteiger charge is -2.31. The van der Waals surface area contributed by atoms with Crippen LogP contribution in [-0.4, -0.2) is 41.5 Å². The highest BCUT2D eigenvalue weighted by molar-refractivity contribution is 5.90. The molecule has 102 valence electrons. The maximum Gasteiger partial charge on any atom is 0.335 e. The number of aromatic carboxylic acids is 1. The molecule has 1 unspecified atom stereocenters. The van der Waals surface area contributed by atoms with Gasteiger partial charge in [0, 0.05) is 26.1 Å². The van der Waals surface area contributed by atoms with Crippen LogP contribution in [0, 0.1) is 0 Å². The SMILES string of the molecule is CN1CC(Nc2ccc(C(=O)O)cc2N)CCC1=O. The summed E-state index contributed by atoms with van der Waals surface area (Å²) in [6.45, 7) is 0.624. The van der Waals surface area contributed by atoms with Crippen molar-refractivity contribution in [3.8, 4) is 0 Å². The Balaban J connectivity index is 2.07. The van der Waals surface area contributed by atoms with Crippen LogP contribution >= 0.6 is 0 Å². The number of carbonyl (C=O) groups is 2. The summed E-state index contributed by atoms with van der Waals surface area (Å²) in [6.07, 6.45) is 1.27. The van der Waals surface area contributed by atoms with Gasteiger partial charge in [0.1, 0.15) is 0 Å². The van der Waals surface area contributed by atoms with E-state index in [1.165, 1.54) is 12.1 Å². The summed E-state index contributed by atoms with van der Waals surface area (Å²) in [5.74, 6) is -0.853. The molecule has 1 heterocycles. The molecular weight excluding hydrogens is 246 g/mol. The van der Waals surface area contributed by atoms with Gasteiger partial charge < -0.3 is 21.1 Å². The molecule has 19 heavy (non-hydrogen) atoms. The third kappa shape index (κ3) is 2.96. The Morgan fingerprint density at radius 3 is 2.84 bits per heavy atom. The van der Waals surface area contributed by atoms with Gasteiger partial charge in [-0.05, 0) is 24.6 Å². The molecule has 6 heteroatoms. The van der Waals surface area contributed by atoms with Crippen LogP contribution in [0.5, 0.6) is 0 Å². The number of hydrogen-bond acceptors (Lipinski definition) is 4. The van der Waals surface area contributed by atoms with Crippen molar-refractivity contribution in [3.63, 3.8) is 0 Å². The number of nitrogens with two attached hydrogens (primary N) is 1. The molecule has 0 aromatic heterocycles. The molecule has 1 aliphatic rings. The average Bonchev–Trinajstić information content (AvgIpc) is 2.36. The monoisotopic (exact) mass is 263 g/mol. The van der Waals surface area contributed by atoms with Crippen LogP contribution in [0.15, 0.2) is 18.2 Å². The van der Waals surface area contributed by atoms with Gasteiger partial charge in [0.2, 0.25) is 5.91 Å². The molecule has 4 N–H and O–H groups in total. The number of amides is 1. The smallest absolute Gasteiger partial charge is 0.335 e. The Labute approximate surface area is 111 Å². The fourth-order valence-electron chi connectivity index (χ4n) is 2.18. The molecule has 0 radical (unpaired) electrons. The minimum Gasteiger partial charge on any atom is -0.478 e. The molecule has 0 aliphatic carbocycles. The highest BCUT2D eigenvalue weighted by atomic mass is 16.4. The maximum atomic E-state index is 11.4. The van der Waals surface area contributed by atoms with Crippen molar-refractivity contribution >= 4 is 23.3 Å². The van der Waals surface area contributed by atoms with Crippen molar-refractivity contribution in [1.82, 2.24) is 4.90 Å². The number of anilines is 2. The molecule has 2 rings (SSSR count). The average molecular weight is 263 g/mol. The molecule has 1 aliphatic heterocycles. The number of nitrogens with zero attached hydrogens (tertiary/aromatic N) is 1. The number of carbonyl (C=O) groups excluding carboxylic acids is 1. The topological polar surface area (TPSA) is 95.7 Å². The van der Waals surface area contributed by atoms with Crippen molar-refractivity contribution < 1.29 is 14.7 Å². The summed E-state index contributed by atoms with van der Waals surface area (Å²) >= 11 is 0. The number of rotatable bonds is 3. The first-order valence-corrected chi connectivity index (χ1v) is 6.10. The number of nitrogen functional groups attached to an aromatic ring is 1. The van der Waals surface area contributed by atoms with Gasteiger partial charge in [-0.15, -0.1) is 0 Å². The van der Waals surface area contributed by atoms with E-state index in [1.807, 2.05) is 0 Å². The molecule has 0 saturated carbocycles. The summed E-state index contributed by atoms with van der Waals surface area (Å²) < 4.78 is 0. The van der Waals surface area contributed by atoms with Crippen LogP contribution in [0.3, 0.4) is 0 Å². The highest BCUT2D eigenvalue weighted by Gasteiger charge is 2.23. The second-order valence-corrected chi connectivity index (χ2v) is 4.76.